The van der Waals surface area contributed by atoms with Gasteiger partial charge in [0, 0.05) is 55.8 Å². The number of benzene rings is 1. The highest BCUT2D eigenvalue weighted by Gasteiger charge is 2.47. The molecule has 3 aromatic rings. The van der Waals surface area contributed by atoms with Gasteiger partial charge in [-0.05, 0) is 67.6 Å². The van der Waals surface area contributed by atoms with Crippen LogP contribution < -0.4 is 10.1 Å². The smallest absolute Gasteiger partial charge is 0.296 e. The summed E-state index contributed by atoms with van der Waals surface area (Å²) in [4.78, 5) is 80.1. The number of rotatable bonds is 18. The summed E-state index contributed by atoms with van der Waals surface area (Å²) in [6, 6.07) is 5.79. The number of amides is 1. The summed E-state index contributed by atoms with van der Waals surface area (Å²) in [6.45, 7) is 7.69. The molecule has 0 spiro atoms. The van der Waals surface area contributed by atoms with Crippen molar-refractivity contribution in [2.75, 3.05) is 11.9 Å². The lowest BCUT2D eigenvalue weighted by molar-refractivity contribution is -0.147. The number of anilines is 1. The zero-order valence-corrected chi connectivity index (χ0v) is 33.6. The van der Waals surface area contributed by atoms with Crippen molar-refractivity contribution in [3.63, 3.8) is 0 Å². The predicted molar refractivity (Wildman–Crippen MR) is 210 cm³/mol. The summed E-state index contributed by atoms with van der Waals surface area (Å²) in [5.74, 6) is -3.32. The van der Waals surface area contributed by atoms with Crippen molar-refractivity contribution in [3.05, 3.63) is 47.4 Å². The Morgan fingerprint density at radius 1 is 1.04 bits per heavy atom. The average molecular weight is 793 g/mol. The van der Waals surface area contributed by atoms with Crippen molar-refractivity contribution in [3.8, 4) is 5.88 Å². The second-order valence-corrected chi connectivity index (χ2v) is 17.6. The van der Waals surface area contributed by atoms with Gasteiger partial charge in [-0.1, -0.05) is 65.0 Å². The Bertz CT molecular complexity index is 1900. The molecule has 11 nitrogen and oxygen atoms in total. The zero-order chi connectivity index (χ0) is 40.1. The van der Waals surface area contributed by atoms with Crippen molar-refractivity contribution in [1.29, 1.82) is 0 Å². The summed E-state index contributed by atoms with van der Waals surface area (Å²) in [5, 5.41) is 3.66. The van der Waals surface area contributed by atoms with E-state index < -0.39 is 52.8 Å². The monoisotopic (exact) mass is 792 g/mol. The molecule has 1 amide bonds. The molecule has 1 aromatic carbocycles. The van der Waals surface area contributed by atoms with Crippen LogP contribution in [-0.2, 0) is 24.0 Å². The number of ketones is 4. The Morgan fingerprint density at radius 3 is 2.45 bits per heavy atom. The average Bonchev–Trinajstić information content (AvgIpc) is 3.73. The van der Waals surface area contributed by atoms with E-state index in [0.717, 1.165) is 44.9 Å². The highest BCUT2D eigenvalue weighted by molar-refractivity contribution is 6.38. The van der Waals surface area contributed by atoms with E-state index >= 15 is 0 Å². The number of nitrogens with zero attached hydrogens (tertiary/aromatic N) is 3. The molecule has 13 heteroatoms. The first-order valence-corrected chi connectivity index (χ1v) is 20.6. The fraction of sp³-hybridized carbons (Fsp3) is 0.605. The largest absolute Gasteiger partial charge is 0.472 e. The van der Waals surface area contributed by atoms with E-state index in [9.17, 15) is 28.4 Å². The maximum absolute atomic E-state index is 14.9. The third kappa shape index (κ3) is 10.4. The predicted octanol–water partition coefficient (Wildman–Crippen LogP) is 8.36. The Labute approximate surface area is 332 Å². The number of nitrogens with one attached hydrogen (secondary N) is 1. The molecule has 302 valence electrons. The molecule has 3 fully saturated rings. The van der Waals surface area contributed by atoms with Gasteiger partial charge in [-0.3, -0.25) is 24.0 Å². The number of carbonyl (C=O) groups is 5. The Balaban J connectivity index is 1.25. The maximum Gasteiger partial charge on any atom is 0.296 e. The van der Waals surface area contributed by atoms with Crippen LogP contribution in [0, 0.1) is 34.9 Å². The number of halogens is 2. The number of pyridine rings is 1. The number of aromatic nitrogens is 2. The lowest BCUT2D eigenvalue weighted by atomic mass is 9.74. The number of hydrogen-bond donors (Lipinski definition) is 1. The van der Waals surface area contributed by atoms with Crippen LogP contribution in [-0.4, -0.2) is 68.6 Å². The highest BCUT2D eigenvalue weighted by Crippen LogP contribution is 2.38. The minimum atomic E-state index is -0.933. The number of Topliss-reactive ketones (excluding diaryl/α,β-unsaturated/α-hetero) is 4. The minimum Gasteiger partial charge on any atom is -0.472 e. The van der Waals surface area contributed by atoms with Gasteiger partial charge in [-0.2, -0.15) is 4.98 Å². The molecule has 6 rings (SSSR count). The van der Waals surface area contributed by atoms with Crippen LogP contribution in [0.15, 0.2) is 40.9 Å². The van der Waals surface area contributed by atoms with Crippen molar-refractivity contribution in [2.45, 2.75) is 129 Å². The summed E-state index contributed by atoms with van der Waals surface area (Å²) >= 11 is 6.05. The van der Waals surface area contributed by atoms with Crippen LogP contribution in [0.4, 0.5) is 10.4 Å². The number of likely N-dealkylation sites (tertiary alicyclic amines) is 1. The summed E-state index contributed by atoms with van der Waals surface area (Å²) in [7, 11) is 0. The lowest BCUT2D eigenvalue weighted by Gasteiger charge is -2.36. The molecule has 2 saturated carbocycles. The van der Waals surface area contributed by atoms with Crippen LogP contribution in [0.3, 0.4) is 0 Å². The fourth-order valence-electron chi connectivity index (χ4n) is 8.32. The van der Waals surface area contributed by atoms with Crippen molar-refractivity contribution < 1.29 is 37.5 Å². The van der Waals surface area contributed by atoms with Gasteiger partial charge in [-0.25, -0.2) is 9.37 Å². The zero-order valence-electron chi connectivity index (χ0n) is 32.9. The van der Waals surface area contributed by atoms with Gasteiger partial charge in [0.05, 0.1) is 23.7 Å². The molecule has 5 atom stereocenters. The highest BCUT2D eigenvalue weighted by atomic mass is 35.5. The first-order chi connectivity index (χ1) is 26.7. The van der Waals surface area contributed by atoms with Gasteiger partial charge in [0.2, 0.25) is 17.6 Å². The molecule has 1 aliphatic heterocycles. The van der Waals surface area contributed by atoms with Crippen LogP contribution in [0.5, 0.6) is 5.88 Å². The minimum absolute atomic E-state index is 0.0276. The molecule has 1 N–H and O–H groups in total. The van der Waals surface area contributed by atoms with E-state index in [1.165, 1.54) is 29.3 Å². The number of oxazole rings is 1. The first-order valence-electron chi connectivity index (χ1n) is 20.2. The van der Waals surface area contributed by atoms with Crippen molar-refractivity contribution in [2.24, 2.45) is 29.1 Å². The van der Waals surface area contributed by atoms with Gasteiger partial charge in [-0.15, -0.1) is 0 Å². The number of carbonyl (C=O) groups excluding carboxylic acids is 5. The summed E-state index contributed by atoms with van der Waals surface area (Å²) in [5.41, 5.74) is 0.0201. The summed E-state index contributed by atoms with van der Waals surface area (Å²) < 4.78 is 26.0. The fourth-order valence-corrected chi connectivity index (χ4v) is 8.43. The van der Waals surface area contributed by atoms with E-state index in [1.54, 1.807) is 12.1 Å². The van der Waals surface area contributed by atoms with E-state index in [0.29, 0.717) is 29.0 Å². The van der Waals surface area contributed by atoms with E-state index in [-0.39, 0.29) is 73.4 Å². The van der Waals surface area contributed by atoms with Gasteiger partial charge < -0.3 is 19.4 Å². The Kier molecular flexibility index (Phi) is 13.3. The van der Waals surface area contributed by atoms with E-state index in [2.05, 4.69) is 15.3 Å². The first kappa shape index (κ1) is 41.4. The standard InChI is InChI=1S/C43H54ClFN4O7/c1-5-9-27(40(53)36(52)18-25-12-13-25)19-34(50)33-21-30(55-38-17-14-28(44)23-46-38)24-49(33)41(54)31(43(2,3)4)22-35(51)39(26-10-7-6-8-11-26)48-42-47-32-20-29(45)15-16-37(32)56-42/h14-17,20,23,25-27,30-31,33,39H,5-13,18-19,21-22,24H2,1-4H3,(H,47,48)/t27-,30-,31-,33+,39+/m1/s1. The molecule has 1 saturated heterocycles. The molecule has 3 heterocycles. The SMILES string of the molecule is CCC[C@H](CC(=O)[C@@H]1C[C@@H](Oc2ccc(Cl)cn2)CN1C(=O)[C@@H](CC(=O)[C@@H](Nc1nc2cc(F)ccc2o1)C1CCCCC1)C(C)(C)C)C(=O)C(=O)CC1CC1. The van der Waals surface area contributed by atoms with Gasteiger partial charge >= 0.3 is 0 Å². The second kappa shape index (κ2) is 17.9. The van der Waals surface area contributed by atoms with Crippen LogP contribution in [0.25, 0.3) is 11.1 Å². The molecular formula is C43H54ClFN4O7. The molecule has 2 aliphatic carbocycles. The number of ether oxygens (including phenoxy) is 1. The molecule has 3 aliphatic rings. The van der Waals surface area contributed by atoms with Crippen LogP contribution in [0.2, 0.25) is 5.02 Å². The van der Waals surface area contributed by atoms with Crippen LogP contribution >= 0.6 is 11.6 Å². The van der Waals surface area contributed by atoms with Crippen molar-refractivity contribution in [1.82, 2.24) is 14.9 Å². The molecule has 56 heavy (non-hydrogen) atoms. The molecule has 0 bridgehead atoms. The van der Waals surface area contributed by atoms with Crippen LogP contribution in [0.1, 0.15) is 111 Å². The van der Waals surface area contributed by atoms with Crippen molar-refractivity contribution >= 4 is 57.8 Å². The van der Waals surface area contributed by atoms with Gasteiger partial charge in [0.1, 0.15) is 17.4 Å². The van der Waals surface area contributed by atoms with E-state index in [1.807, 2.05) is 27.7 Å². The molecule has 2 aromatic heterocycles. The number of hydrogen-bond acceptors (Lipinski definition) is 10. The van der Waals surface area contributed by atoms with E-state index in [4.69, 9.17) is 20.8 Å². The summed E-state index contributed by atoms with van der Waals surface area (Å²) in [6.07, 6.45) is 8.46. The Hall–Kier alpha value is -4.19. The third-order valence-electron chi connectivity index (χ3n) is 11.7. The quantitative estimate of drug-likeness (QED) is 0.125. The Morgan fingerprint density at radius 2 is 1.79 bits per heavy atom. The van der Waals surface area contributed by atoms with Gasteiger partial charge in [0.15, 0.2) is 22.9 Å². The lowest BCUT2D eigenvalue weighted by Crippen LogP contribution is -2.49. The van der Waals surface area contributed by atoms with Gasteiger partial charge in [0.25, 0.3) is 6.01 Å². The number of fused-ring (bicyclic) bond motifs is 1. The third-order valence-corrected chi connectivity index (χ3v) is 11.9. The topological polar surface area (TPSA) is 149 Å². The maximum atomic E-state index is 14.9. The second-order valence-electron chi connectivity index (χ2n) is 17.1. The molecule has 0 radical (unpaired) electrons. The normalized spacial score (nSPS) is 20.7. The molecular weight excluding hydrogens is 739 g/mol. The molecule has 0 unspecified atom stereocenters.